The number of hydrogen-bond donors (Lipinski definition) is 0. The number of ether oxygens (including phenoxy) is 1. The standard InChI is InChI=1S/C15H11BrClNO/c16-13-4-3-12(15(17)9-13)10-19-14-5-1-11(2-6-14)7-8-18/h1-6,9H,7,10H2. The molecule has 0 unspecified atom stereocenters. The van der Waals surface area contributed by atoms with Crippen molar-refractivity contribution in [1.82, 2.24) is 0 Å². The second-order valence-corrected chi connectivity index (χ2v) is 5.33. The van der Waals surface area contributed by atoms with E-state index >= 15 is 0 Å². The number of halogens is 2. The number of rotatable bonds is 4. The highest BCUT2D eigenvalue weighted by atomic mass is 79.9. The Kier molecular flexibility index (Phi) is 4.84. The lowest BCUT2D eigenvalue weighted by Gasteiger charge is -2.08. The van der Waals surface area contributed by atoms with Crippen LogP contribution in [0.3, 0.4) is 0 Å². The van der Waals surface area contributed by atoms with Gasteiger partial charge < -0.3 is 4.74 Å². The molecule has 0 spiro atoms. The largest absolute Gasteiger partial charge is 0.489 e. The van der Waals surface area contributed by atoms with Crippen molar-refractivity contribution in [1.29, 1.82) is 5.26 Å². The Labute approximate surface area is 125 Å². The van der Waals surface area contributed by atoms with Gasteiger partial charge in [-0.2, -0.15) is 5.26 Å². The lowest BCUT2D eigenvalue weighted by atomic mass is 10.2. The number of nitrogens with zero attached hydrogens (tertiary/aromatic N) is 1. The predicted octanol–water partition coefficient (Wildman–Crippen LogP) is 4.75. The summed E-state index contributed by atoms with van der Waals surface area (Å²) in [5.74, 6) is 0.765. The molecule has 0 saturated carbocycles. The van der Waals surface area contributed by atoms with Crippen molar-refractivity contribution in [3.05, 3.63) is 63.1 Å². The molecule has 0 amide bonds. The van der Waals surface area contributed by atoms with Crippen LogP contribution in [0.15, 0.2) is 46.9 Å². The van der Waals surface area contributed by atoms with E-state index in [9.17, 15) is 0 Å². The van der Waals surface area contributed by atoms with Crippen LogP contribution in [0.25, 0.3) is 0 Å². The summed E-state index contributed by atoms with van der Waals surface area (Å²) < 4.78 is 6.61. The van der Waals surface area contributed by atoms with Crippen LogP contribution >= 0.6 is 27.5 Å². The van der Waals surface area contributed by atoms with Crippen LogP contribution in [0.4, 0.5) is 0 Å². The SMILES string of the molecule is N#CCc1ccc(OCc2ccc(Br)cc2Cl)cc1. The van der Waals surface area contributed by atoms with E-state index in [1.807, 2.05) is 42.5 Å². The molecule has 0 aliphatic heterocycles. The Bertz CT molecular complexity index is 605. The molecule has 2 rings (SSSR count). The monoisotopic (exact) mass is 335 g/mol. The lowest BCUT2D eigenvalue weighted by molar-refractivity contribution is 0.306. The molecule has 0 atom stereocenters. The smallest absolute Gasteiger partial charge is 0.119 e. The van der Waals surface area contributed by atoms with Crippen LogP contribution in [0, 0.1) is 11.3 Å². The maximum absolute atomic E-state index is 8.59. The van der Waals surface area contributed by atoms with E-state index in [1.165, 1.54) is 0 Å². The molecule has 0 fully saturated rings. The van der Waals surface area contributed by atoms with Crippen LogP contribution in [0.5, 0.6) is 5.75 Å². The van der Waals surface area contributed by atoms with Gasteiger partial charge in [0.2, 0.25) is 0 Å². The molecule has 0 aromatic heterocycles. The first kappa shape index (κ1) is 13.9. The predicted molar refractivity (Wildman–Crippen MR) is 79.2 cm³/mol. The first-order valence-electron chi connectivity index (χ1n) is 5.71. The van der Waals surface area contributed by atoms with Crippen molar-refractivity contribution in [2.45, 2.75) is 13.0 Å². The summed E-state index contributed by atoms with van der Waals surface area (Å²) in [4.78, 5) is 0. The number of hydrogen-bond acceptors (Lipinski definition) is 2. The van der Waals surface area contributed by atoms with Crippen molar-refractivity contribution < 1.29 is 4.74 Å². The first-order chi connectivity index (χ1) is 9.19. The summed E-state index contributed by atoms with van der Waals surface area (Å²) in [5.41, 5.74) is 1.92. The van der Waals surface area contributed by atoms with Crippen molar-refractivity contribution in [2.75, 3.05) is 0 Å². The molecule has 19 heavy (non-hydrogen) atoms. The molecule has 0 bridgehead atoms. The normalized spacial score (nSPS) is 9.95. The Morgan fingerprint density at radius 1 is 1.16 bits per heavy atom. The topological polar surface area (TPSA) is 33.0 Å². The minimum absolute atomic E-state index is 0.415. The third-order valence-corrected chi connectivity index (χ3v) is 3.46. The van der Waals surface area contributed by atoms with Gasteiger partial charge in [-0.25, -0.2) is 0 Å². The van der Waals surface area contributed by atoms with E-state index in [2.05, 4.69) is 22.0 Å². The zero-order valence-electron chi connectivity index (χ0n) is 10.1. The number of nitriles is 1. The van der Waals surface area contributed by atoms with Crippen LogP contribution in [-0.4, -0.2) is 0 Å². The van der Waals surface area contributed by atoms with Gasteiger partial charge in [-0.05, 0) is 29.8 Å². The summed E-state index contributed by atoms with van der Waals surface area (Å²) in [5, 5.41) is 9.27. The van der Waals surface area contributed by atoms with Crippen molar-refractivity contribution in [3.8, 4) is 11.8 Å². The van der Waals surface area contributed by atoms with Gasteiger partial charge in [0.05, 0.1) is 12.5 Å². The fourth-order valence-electron chi connectivity index (χ4n) is 1.59. The molecule has 2 aromatic carbocycles. The molecule has 2 aromatic rings. The second kappa shape index (κ2) is 6.60. The third-order valence-electron chi connectivity index (χ3n) is 2.62. The minimum atomic E-state index is 0.415. The van der Waals surface area contributed by atoms with Gasteiger partial charge in [0.25, 0.3) is 0 Å². The highest BCUT2D eigenvalue weighted by Gasteiger charge is 2.02. The van der Waals surface area contributed by atoms with Crippen molar-refractivity contribution in [2.24, 2.45) is 0 Å². The molecule has 0 saturated heterocycles. The lowest BCUT2D eigenvalue weighted by Crippen LogP contribution is -1.96. The Hall–Kier alpha value is -1.50. The summed E-state index contributed by atoms with van der Waals surface area (Å²) in [6.07, 6.45) is 0.415. The van der Waals surface area contributed by atoms with Gasteiger partial charge >= 0.3 is 0 Å². The fourth-order valence-corrected chi connectivity index (χ4v) is 2.32. The zero-order valence-corrected chi connectivity index (χ0v) is 12.4. The Morgan fingerprint density at radius 3 is 2.53 bits per heavy atom. The van der Waals surface area contributed by atoms with Gasteiger partial charge in [-0.3, -0.25) is 0 Å². The molecule has 4 heteroatoms. The molecule has 0 aliphatic carbocycles. The molecule has 2 nitrogen and oxygen atoms in total. The number of benzene rings is 2. The van der Waals surface area contributed by atoms with Crippen LogP contribution in [0.1, 0.15) is 11.1 Å². The maximum Gasteiger partial charge on any atom is 0.119 e. The molecule has 0 heterocycles. The van der Waals surface area contributed by atoms with Gasteiger partial charge in [0, 0.05) is 15.1 Å². The van der Waals surface area contributed by atoms with Crippen LogP contribution in [0.2, 0.25) is 5.02 Å². The molecular formula is C15H11BrClNO. The maximum atomic E-state index is 8.59. The Balaban J connectivity index is 2.00. The fraction of sp³-hybridized carbons (Fsp3) is 0.133. The second-order valence-electron chi connectivity index (χ2n) is 4.00. The molecule has 0 aliphatic rings. The van der Waals surface area contributed by atoms with E-state index in [0.29, 0.717) is 18.1 Å². The highest BCUT2D eigenvalue weighted by Crippen LogP contribution is 2.23. The van der Waals surface area contributed by atoms with Gasteiger partial charge in [-0.15, -0.1) is 0 Å². The molecular weight excluding hydrogens is 326 g/mol. The minimum Gasteiger partial charge on any atom is -0.489 e. The van der Waals surface area contributed by atoms with Crippen LogP contribution < -0.4 is 4.74 Å². The van der Waals surface area contributed by atoms with Crippen molar-refractivity contribution >= 4 is 27.5 Å². The summed E-state index contributed by atoms with van der Waals surface area (Å²) in [6.45, 7) is 0.420. The first-order valence-corrected chi connectivity index (χ1v) is 6.89. The Morgan fingerprint density at radius 2 is 1.89 bits per heavy atom. The zero-order chi connectivity index (χ0) is 13.7. The molecule has 0 N–H and O–H groups in total. The molecule has 96 valence electrons. The highest BCUT2D eigenvalue weighted by molar-refractivity contribution is 9.10. The summed E-state index contributed by atoms with van der Waals surface area (Å²) >= 11 is 9.48. The van der Waals surface area contributed by atoms with Crippen molar-refractivity contribution in [3.63, 3.8) is 0 Å². The van der Waals surface area contributed by atoms with E-state index in [1.54, 1.807) is 0 Å². The third kappa shape index (κ3) is 3.99. The van der Waals surface area contributed by atoms with E-state index in [4.69, 9.17) is 21.6 Å². The van der Waals surface area contributed by atoms with Gasteiger partial charge in [-0.1, -0.05) is 45.7 Å². The summed E-state index contributed by atoms with van der Waals surface area (Å²) in [6, 6.07) is 15.3. The average Bonchev–Trinajstić information content (AvgIpc) is 2.40. The van der Waals surface area contributed by atoms with Crippen LogP contribution in [-0.2, 0) is 13.0 Å². The van der Waals surface area contributed by atoms with Gasteiger partial charge in [0.1, 0.15) is 12.4 Å². The average molecular weight is 337 g/mol. The van der Waals surface area contributed by atoms with E-state index in [-0.39, 0.29) is 0 Å². The van der Waals surface area contributed by atoms with E-state index < -0.39 is 0 Å². The quantitative estimate of drug-likeness (QED) is 0.807. The molecule has 0 radical (unpaired) electrons. The summed E-state index contributed by atoms with van der Waals surface area (Å²) in [7, 11) is 0. The van der Waals surface area contributed by atoms with Gasteiger partial charge in [0.15, 0.2) is 0 Å². The van der Waals surface area contributed by atoms with E-state index in [0.717, 1.165) is 21.3 Å².